The standard InChI is InChI=1S/C15H19ClN2O5/c1-11(19)23-9-5-3-2-4-8-17-15(20)13-7-6-12(16)10-14(13)18(21)22/h6-7,10H,2-5,8-9H2,1H3,(H,17,20). The lowest BCUT2D eigenvalue weighted by atomic mass is 10.1. The Bertz CT molecular complexity index is 577. The number of nitrogens with zero attached hydrogens (tertiary/aromatic N) is 1. The molecule has 0 atom stereocenters. The molecule has 1 rings (SSSR count). The van der Waals surface area contributed by atoms with Gasteiger partial charge in [-0.3, -0.25) is 19.7 Å². The third-order valence-electron chi connectivity index (χ3n) is 3.06. The molecule has 0 fully saturated rings. The lowest BCUT2D eigenvalue weighted by molar-refractivity contribution is -0.385. The quantitative estimate of drug-likeness (QED) is 0.322. The van der Waals surface area contributed by atoms with E-state index < -0.39 is 10.8 Å². The van der Waals surface area contributed by atoms with Crippen molar-refractivity contribution in [3.8, 4) is 0 Å². The van der Waals surface area contributed by atoms with Gasteiger partial charge in [0.25, 0.3) is 11.6 Å². The van der Waals surface area contributed by atoms with E-state index in [0.717, 1.165) is 31.7 Å². The molecule has 0 aromatic heterocycles. The highest BCUT2D eigenvalue weighted by Gasteiger charge is 2.19. The van der Waals surface area contributed by atoms with Gasteiger partial charge in [-0.25, -0.2) is 0 Å². The van der Waals surface area contributed by atoms with Gasteiger partial charge in [-0.05, 0) is 31.4 Å². The van der Waals surface area contributed by atoms with Crippen LogP contribution in [0.1, 0.15) is 43.0 Å². The number of nitro benzene ring substituents is 1. The molecule has 0 unspecified atom stereocenters. The molecule has 0 aliphatic heterocycles. The summed E-state index contributed by atoms with van der Waals surface area (Å²) in [4.78, 5) is 32.8. The van der Waals surface area contributed by atoms with Crippen molar-refractivity contribution in [2.24, 2.45) is 0 Å². The third kappa shape index (κ3) is 7.10. The molecule has 1 N–H and O–H groups in total. The fraction of sp³-hybridized carbons (Fsp3) is 0.467. The van der Waals surface area contributed by atoms with Crippen LogP contribution in [0.15, 0.2) is 18.2 Å². The number of esters is 1. The summed E-state index contributed by atoms with van der Waals surface area (Å²) in [5.41, 5.74) is -0.314. The Hall–Kier alpha value is -2.15. The average Bonchev–Trinajstić information content (AvgIpc) is 2.49. The third-order valence-corrected chi connectivity index (χ3v) is 3.30. The minimum absolute atomic E-state index is 0.00532. The van der Waals surface area contributed by atoms with Crippen LogP contribution in [0.4, 0.5) is 5.69 Å². The normalized spacial score (nSPS) is 10.2. The van der Waals surface area contributed by atoms with Crippen molar-refractivity contribution in [2.45, 2.75) is 32.6 Å². The van der Waals surface area contributed by atoms with E-state index in [-0.39, 0.29) is 22.2 Å². The number of halogens is 1. The van der Waals surface area contributed by atoms with Gasteiger partial charge < -0.3 is 10.1 Å². The van der Waals surface area contributed by atoms with Gasteiger partial charge in [0.05, 0.1) is 11.5 Å². The van der Waals surface area contributed by atoms with Crippen molar-refractivity contribution in [3.63, 3.8) is 0 Å². The summed E-state index contributed by atoms with van der Waals surface area (Å²) < 4.78 is 4.81. The molecule has 1 aromatic carbocycles. The topological polar surface area (TPSA) is 98.5 Å². The number of benzene rings is 1. The summed E-state index contributed by atoms with van der Waals surface area (Å²) in [5.74, 6) is -0.782. The lowest BCUT2D eigenvalue weighted by Gasteiger charge is -2.06. The highest BCUT2D eigenvalue weighted by molar-refractivity contribution is 6.31. The van der Waals surface area contributed by atoms with Crippen molar-refractivity contribution in [2.75, 3.05) is 13.2 Å². The predicted molar refractivity (Wildman–Crippen MR) is 85.5 cm³/mol. The van der Waals surface area contributed by atoms with Gasteiger partial charge in [-0.15, -0.1) is 0 Å². The van der Waals surface area contributed by atoms with Crippen LogP contribution in [0.25, 0.3) is 0 Å². The first kappa shape index (κ1) is 18.9. The molecule has 1 amide bonds. The molecule has 8 heteroatoms. The Labute approximate surface area is 139 Å². The molecule has 0 heterocycles. The number of ether oxygens (including phenoxy) is 1. The number of unbranched alkanes of at least 4 members (excludes halogenated alkanes) is 3. The van der Waals surface area contributed by atoms with E-state index in [1.165, 1.54) is 19.1 Å². The first-order valence-corrected chi connectivity index (χ1v) is 7.65. The molecule has 0 radical (unpaired) electrons. The maximum Gasteiger partial charge on any atom is 0.302 e. The van der Waals surface area contributed by atoms with Crippen molar-refractivity contribution < 1.29 is 19.2 Å². The Morgan fingerprint density at radius 2 is 1.96 bits per heavy atom. The minimum atomic E-state index is -0.629. The van der Waals surface area contributed by atoms with E-state index >= 15 is 0 Å². The molecule has 126 valence electrons. The monoisotopic (exact) mass is 342 g/mol. The maximum absolute atomic E-state index is 12.0. The van der Waals surface area contributed by atoms with E-state index in [9.17, 15) is 19.7 Å². The fourth-order valence-electron chi connectivity index (χ4n) is 1.94. The average molecular weight is 343 g/mol. The van der Waals surface area contributed by atoms with Crippen LogP contribution in [0.2, 0.25) is 5.02 Å². The molecule has 7 nitrogen and oxygen atoms in total. The molecule has 0 aliphatic carbocycles. The number of rotatable bonds is 9. The van der Waals surface area contributed by atoms with Crippen LogP contribution >= 0.6 is 11.6 Å². The van der Waals surface area contributed by atoms with Crippen molar-refractivity contribution in [3.05, 3.63) is 38.9 Å². The molecule has 0 saturated carbocycles. The summed E-state index contributed by atoms with van der Waals surface area (Å²) >= 11 is 5.70. The molecule has 0 bridgehead atoms. The number of hydrogen-bond acceptors (Lipinski definition) is 5. The smallest absolute Gasteiger partial charge is 0.302 e. The van der Waals surface area contributed by atoms with Gasteiger partial charge in [0.15, 0.2) is 0 Å². The molecule has 23 heavy (non-hydrogen) atoms. The Kier molecular flexibility index (Phi) is 8.04. The van der Waals surface area contributed by atoms with E-state index in [4.69, 9.17) is 16.3 Å². The summed E-state index contributed by atoms with van der Waals surface area (Å²) in [6.45, 7) is 2.19. The summed E-state index contributed by atoms with van der Waals surface area (Å²) in [6.07, 6.45) is 3.26. The molecular weight excluding hydrogens is 324 g/mol. The van der Waals surface area contributed by atoms with Gasteiger partial charge in [0.1, 0.15) is 5.56 Å². The van der Waals surface area contributed by atoms with Crippen molar-refractivity contribution >= 4 is 29.2 Å². The number of hydrogen-bond donors (Lipinski definition) is 1. The second kappa shape index (κ2) is 9.78. The zero-order valence-corrected chi connectivity index (χ0v) is 13.6. The van der Waals surface area contributed by atoms with Crippen LogP contribution in [-0.2, 0) is 9.53 Å². The fourth-order valence-corrected chi connectivity index (χ4v) is 2.11. The van der Waals surface area contributed by atoms with Crippen LogP contribution in [0.3, 0.4) is 0 Å². The number of amides is 1. The number of nitrogens with one attached hydrogen (secondary N) is 1. The van der Waals surface area contributed by atoms with Crippen LogP contribution in [0, 0.1) is 10.1 Å². The van der Waals surface area contributed by atoms with E-state index in [1.54, 1.807) is 0 Å². The van der Waals surface area contributed by atoms with Crippen LogP contribution < -0.4 is 5.32 Å². The Morgan fingerprint density at radius 1 is 1.26 bits per heavy atom. The largest absolute Gasteiger partial charge is 0.466 e. The number of carbonyl (C=O) groups is 2. The van der Waals surface area contributed by atoms with E-state index in [2.05, 4.69) is 5.32 Å². The number of carbonyl (C=O) groups excluding carboxylic acids is 2. The molecular formula is C15H19ClN2O5. The zero-order chi connectivity index (χ0) is 17.2. The van der Waals surface area contributed by atoms with E-state index in [0.29, 0.717) is 13.2 Å². The Morgan fingerprint density at radius 3 is 2.61 bits per heavy atom. The van der Waals surface area contributed by atoms with Crippen molar-refractivity contribution in [1.29, 1.82) is 0 Å². The summed E-state index contributed by atoms with van der Waals surface area (Å²) in [5, 5.41) is 13.8. The van der Waals surface area contributed by atoms with Gasteiger partial charge in [-0.1, -0.05) is 18.0 Å². The predicted octanol–water partition coefficient (Wildman–Crippen LogP) is 3.10. The van der Waals surface area contributed by atoms with Crippen molar-refractivity contribution in [1.82, 2.24) is 5.32 Å². The Balaban J connectivity index is 2.32. The van der Waals surface area contributed by atoms with Gasteiger partial charge in [0.2, 0.25) is 0 Å². The van der Waals surface area contributed by atoms with Gasteiger partial charge >= 0.3 is 5.97 Å². The maximum atomic E-state index is 12.0. The molecule has 0 aliphatic rings. The highest BCUT2D eigenvalue weighted by Crippen LogP contribution is 2.23. The lowest BCUT2D eigenvalue weighted by Crippen LogP contribution is -2.25. The van der Waals surface area contributed by atoms with Crippen LogP contribution in [-0.4, -0.2) is 30.0 Å². The van der Waals surface area contributed by atoms with Crippen LogP contribution in [0.5, 0.6) is 0 Å². The van der Waals surface area contributed by atoms with Gasteiger partial charge in [0, 0.05) is 24.6 Å². The van der Waals surface area contributed by atoms with Gasteiger partial charge in [-0.2, -0.15) is 0 Å². The number of nitro groups is 1. The second-order valence-corrected chi connectivity index (χ2v) is 5.37. The SMILES string of the molecule is CC(=O)OCCCCCCNC(=O)c1ccc(Cl)cc1[N+](=O)[O-]. The molecule has 0 saturated heterocycles. The first-order chi connectivity index (χ1) is 10.9. The summed E-state index contributed by atoms with van der Waals surface area (Å²) in [7, 11) is 0. The first-order valence-electron chi connectivity index (χ1n) is 7.27. The minimum Gasteiger partial charge on any atom is -0.466 e. The molecule has 0 spiro atoms. The summed E-state index contributed by atoms with van der Waals surface area (Å²) in [6, 6.07) is 3.94. The van der Waals surface area contributed by atoms with E-state index in [1.807, 2.05) is 0 Å². The highest BCUT2D eigenvalue weighted by atomic mass is 35.5. The zero-order valence-electron chi connectivity index (χ0n) is 12.8. The molecule has 1 aromatic rings. The second-order valence-electron chi connectivity index (χ2n) is 4.93.